The normalized spacial score (nSPS) is 17.2. The van der Waals surface area contributed by atoms with Crippen LogP contribution in [0.5, 0.6) is 0 Å². The maximum atomic E-state index is 13.8. The highest BCUT2D eigenvalue weighted by Crippen LogP contribution is 2.24. The fraction of sp³-hybridized carbons (Fsp3) is 0.615. The van der Waals surface area contributed by atoms with Gasteiger partial charge in [-0.3, -0.25) is 0 Å². The van der Waals surface area contributed by atoms with Crippen LogP contribution in [-0.2, 0) is 0 Å². The van der Waals surface area contributed by atoms with E-state index in [1.54, 1.807) is 7.05 Å². The van der Waals surface area contributed by atoms with Crippen molar-refractivity contribution in [1.29, 1.82) is 0 Å². The lowest BCUT2D eigenvalue weighted by molar-refractivity contribution is 0.532. The van der Waals surface area contributed by atoms with Gasteiger partial charge in [0.25, 0.3) is 0 Å². The molecule has 1 aromatic heterocycles. The Morgan fingerprint density at radius 2 is 1.67 bits per heavy atom. The van der Waals surface area contributed by atoms with Gasteiger partial charge in [-0.05, 0) is 12.8 Å². The first-order chi connectivity index (χ1) is 8.72. The molecule has 1 aliphatic heterocycles. The molecule has 5 heteroatoms. The van der Waals surface area contributed by atoms with Crippen LogP contribution in [0.1, 0.15) is 32.1 Å². The first-order valence-electron chi connectivity index (χ1n) is 6.51. The average Bonchev–Trinajstić information content (AvgIpc) is 2.30. The number of nitrogens with zero attached hydrogens (tertiary/aromatic N) is 2. The van der Waals surface area contributed by atoms with Crippen LogP contribution in [0, 0.1) is 11.6 Å². The Bertz CT molecular complexity index is 401. The predicted molar refractivity (Wildman–Crippen MR) is 69.0 cm³/mol. The van der Waals surface area contributed by atoms with Gasteiger partial charge in [0, 0.05) is 26.2 Å². The number of rotatable bonds is 2. The third-order valence-corrected chi connectivity index (χ3v) is 3.30. The highest BCUT2D eigenvalue weighted by molar-refractivity contribution is 5.49. The second-order valence-electron chi connectivity index (χ2n) is 4.63. The molecular formula is C13H19F2N3. The zero-order valence-corrected chi connectivity index (χ0v) is 10.7. The number of pyridine rings is 1. The van der Waals surface area contributed by atoms with E-state index in [0.717, 1.165) is 44.8 Å². The molecule has 1 aromatic rings. The molecule has 1 saturated heterocycles. The monoisotopic (exact) mass is 255 g/mol. The third kappa shape index (κ3) is 2.89. The molecule has 1 aliphatic rings. The standard InChI is InChI=1S/C13H19F2N3/c1-16-12-10(14)9-11(15)13(17-12)18-7-5-3-2-4-6-8-18/h9H,2-8H2,1H3,(H,16,17). The molecule has 100 valence electrons. The van der Waals surface area contributed by atoms with Gasteiger partial charge in [-0.15, -0.1) is 0 Å². The molecule has 0 unspecified atom stereocenters. The molecule has 0 aliphatic carbocycles. The van der Waals surface area contributed by atoms with Crippen LogP contribution in [0.2, 0.25) is 0 Å². The summed E-state index contributed by atoms with van der Waals surface area (Å²) in [6.07, 6.45) is 5.64. The molecule has 0 atom stereocenters. The summed E-state index contributed by atoms with van der Waals surface area (Å²) in [4.78, 5) is 5.98. The van der Waals surface area contributed by atoms with E-state index < -0.39 is 11.6 Å². The molecule has 0 amide bonds. The van der Waals surface area contributed by atoms with Gasteiger partial charge < -0.3 is 10.2 Å². The Morgan fingerprint density at radius 3 is 2.28 bits per heavy atom. The van der Waals surface area contributed by atoms with Gasteiger partial charge in [0.2, 0.25) is 0 Å². The number of hydrogen-bond acceptors (Lipinski definition) is 3. The fourth-order valence-electron chi connectivity index (χ4n) is 2.31. The van der Waals surface area contributed by atoms with Crippen LogP contribution in [-0.4, -0.2) is 25.1 Å². The van der Waals surface area contributed by atoms with E-state index in [1.165, 1.54) is 6.42 Å². The van der Waals surface area contributed by atoms with Crippen molar-refractivity contribution in [3.63, 3.8) is 0 Å². The van der Waals surface area contributed by atoms with Crippen LogP contribution in [0.15, 0.2) is 6.07 Å². The number of anilines is 2. The minimum Gasteiger partial charge on any atom is -0.371 e. The summed E-state index contributed by atoms with van der Waals surface area (Å²) in [5.41, 5.74) is 0. The fourth-order valence-corrected chi connectivity index (χ4v) is 2.31. The van der Waals surface area contributed by atoms with Crippen LogP contribution < -0.4 is 10.2 Å². The molecule has 0 saturated carbocycles. The van der Waals surface area contributed by atoms with E-state index in [2.05, 4.69) is 10.3 Å². The predicted octanol–water partition coefficient (Wildman–Crippen LogP) is 3.17. The Hall–Kier alpha value is -1.39. The quantitative estimate of drug-likeness (QED) is 0.879. The first-order valence-corrected chi connectivity index (χ1v) is 6.51. The largest absolute Gasteiger partial charge is 0.371 e. The summed E-state index contributed by atoms with van der Waals surface area (Å²) < 4.78 is 27.2. The zero-order valence-electron chi connectivity index (χ0n) is 10.7. The number of nitrogens with one attached hydrogen (secondary N) is 1. The molecule has 0 radical (unpaired) electrons. The van der Waals surface area contributed by atoms with Crippen molar-refractivity contribution in [2.24, 2.45) is 0 Å². The van der Waals surface area contributed by atoms with E-state index in [0.29, 0.717) is 0 Å². The maximum absolute atomic E-state index is 13.8. The lowest BCUT2D eigenvalue weighted by Gasteiger charge is -2.26. The highest BCUT2D eigenvalue weighted by Gasteiger charge is 2.17. The van der Waals surface area contributed by atoms with Crippen LogP contribution in [0.4, 0.5) is 20.4 Å². The van der Waals surface area contributed by atoms with Crippen molar-refractivity contribution in [2.45, 2.75) is 32.1 Å². The van der Waals surface area contributed by atoms with Crippen molar-refractivity contribution in [3.05, 3.63) is 17.7 Å². The van der Waals surface area contributed by atoms with Gasteiger partial charge in [0.05, 0.1) is 0 Å². The van der Waals surface area contributed by atoms with E-state index in [-0.39, 0.29) is 11.6 Å². The molecule has 1 fully saturated rings. The number of halogens is 2. The minimum atomic E-state index is -0.647. The summed E-state index contributed by atoms with van der Waals surface area (Å²) in [5, 5.41) is 2.65. The van der Waals surface area contributed by atoms with Crippen molar-refractivity contribution in [3.8, 4) is 0 Å². The number of hydrogen-bond donors (Lipinski definition) is 1. The van der Waals surface area contributed by atoms with E-state index in [1.807, 2.05) is 4.90 Å². The summed E-state index contributed by atoms with van der Waals surface area (Å²) >= 11 is 0. The first kappa shape index (κ1) is 13.1. The minimum absolute atomic E-state index is 0.105. The molecule has 2 heterocycles. The molecular weight excluding hydrogens is 236 g/mol. The van der Waals surface area contributed by atoms with Crippen molar-refractivity contribution in [1.82, 2.24) is 4.98 Å². The van der Waals surface area contributed by atoms with Crippen molar-refractivity contribution < 1.29 is 8.78 Å². The summed E-state index contributed by atoms with van der Waals surface area (Å²) in [6.45, 7) is 1.58. The zero-order chi connectivity index (χ0) is 13.0. The molecule has 0 aromatic carbocycles. The van der Waals surface area contributed by atoms with Gasteiger partial charge in [-0.1, -0.05) is 19.3 Å². The van der Waals surface area contributed by atoms with Gasteiger partial charge in [-0.2, -0.15) is 0 Å². The van der Waals surface area contributed by atoms with Crippen molar-refractivity contribution >= 4 is 11.6 Å². The third-order valence-electron chi connectivity index (χ3n) is 3.30. The van der Waals surface area contributed by atoms with Gasteiger partial charge in [0.15, 0.2) is 23.3 Å². The maximum Gasteiger partial charge on any atom is 0.168 e. The molecule has 3 nitrogen and oxygen atoms in total. The number of aromatic nitrogens is 1. The Balaban J connectivity index is 2.24. The van der Waals surface area contributed by atoms with Gasteiger partial charge in [-0.25, -0.2) is 13.8 Å². The van der Waals surface area contributed by atoms with E-state index in [9.17, 15) is 8.78 Å². The van der Waals surface area contributed by atoms with Crippen LogP contribution in [0.25, 0.3) is 0 Å². The summed E-state index contributed by atoms with van der Waals surface area (Å²) in [5.74, 6) is -0.853. The Morgan fingerprint density at radius 1 is 1.06 bits per heavy atom. The smallest absolute Gasteiger partial charge is 0.168 e. The van der Waals surface area contributed by atoms with Crippen LogP contribution in [0.3, 0.4) is 0 Å². The Kier molecular flexibility index (Phi) is 4.33. The average molecular weight is 255 g/mol. The highest BCUT2D eigenvalue weighted by atomic mass is 19.1. The lowest BCUT2D eigenvalue weighted by Crippen LogP contribution is -2.29. The lowest BCUT2D eigenvalue weighted by atomic mass is 10.1. The molecule has 1 N–H and O–H groups in total. The second kappa shape index (κ2) is 5.98. The molecule has 2 rings (SSSR count). The van der Waals surface area contributed by atoms with Crippen molar-refractivity contribution in [2.75, 3.05) is 30.4 Å². The van der Waals surface area contributed by atoms with Gasteiger partial charge in [0.1, 0.15) is 0 Å². The summed E-state index contributed by atoms with van der Waals surface area (Å²) in [7, 11) is 1.58. The second-order valence-corrected chi connectivity index (χ2v) is 4.63. The molecule has 0 spiro atoms. The molecule has 0 bridgehead atoms. The molecule has 18 heavy (non-hydrogen) atoms. The van der Waals surface area contributed by atoms with Crippen LogP contribution >= 0.6 is 0 Å². The SMILES string of the molecule is CNc1nc(N2CCCCCCC2)c(F)cc1F. The summed E-state index contributed by atoms with van der Waals surface area (Å²) in [6, 6.07) is 0.910. The topological polar surface area (TPSA) is 28.2 Å². The van der Waals surface area contributed by atoms with E-state index in [4.69, 9.17) is 0 Å². The van der Waals surface area contributed by atoms with Gasteiger partial charge >= 0.3 is 0 Å². The van der Waals surface area contributed by atoms with E-state index >= 15 is 0 Å². The Labute approximate surface area is 106 Å².